The second kappa shape index (κ2) is 4.60. The van der Waals surface area contributed by atoms with Gasteiger partial charge in [-0.15, -0.1) is 11.3 Å². The minimum atomic E-state index is 0.306. The van der Waals surface area contributed by atoms with Crippen LogP contribution >= 0.6 is 34.5 Å². The lowest BCUT2D eigenvalue weighted by molar-refractivity contribution is 0.260. The molecule has 1 aromatic heterocycles. The highest BCUT2D eigenvalue weighted by Gasteiger charge is 2.26. The van der Waals surface area contributed by atoms with Crippen LogP contribution in [0.15, 0.2) is 6.07 Å². The van der Waals surface area contributed by atoms with E-state index in [0.29, 0.717) is 12.1 Å². The SMILES string of the molecule is CC(c1cc(Cl)sc1Cl)N1CCC(N)C1. The predicted octanol–water partition coefficient (Wildman–Crippen LogP) is 3.15. The quantitative estimate of drug-likeness (QED) is 0.890. The maximum absolute atomic E-state index is 6.13. The van der Waals surface area contributed by atoms with Crippen molar-refractivity contribution in [2.45, 2.75) is 25.4 Å². The van der Waals surface area contributed by atoms with Gasteiger partial charge < -0.3 is 5.73 Å². The predicted molar refractivity (Wildman–Crippen MR) is 66.9 cm³/mol. The monoisotopic (exact) mass is 264 g/mol. The molecule has 1 aliphatic heterocycles. The van der Waals surface area contributed by atoms with Crippen molar-refractivity contribution in [3.8, 4) is 0 Å². The molecular formula is C10H14Cl2N2S. The fourth-order valence-electron chi connectivity index (χ4n) is 2.00. The van der Waals surface area contributed by atoms with Crippen molar-refractivity contribution >= 4 is 34.5 Å². The third-order valence-corrected chi connectivity index (χ3v) is 4.45. The third kappa shape index (κ3) is 2.48. The number of nitrogens with two attached hydrogens (primary N) is 1. The van der Waals surface area contributed by atoms with E-state index < -0.39 is 0 Å². The number of hydrogen-bond donors (Lipinski definition) is 1. The lowest BCUT2D eigenvalue weighted by Crippen LogP contribution is -2.28. The summed E-state index contributed by atoms with van der Waals surface area (Å²) in [5, 5.41) is 0. The van der Waals surface area contributed by atoms with Gasteiger partial charge in [0.1, 0.15) is 0 Å². The fraction of sp³-hybridized carbons (Fsp3) is 0.600. The molecule has 2 unspecified atom stereocenters. The van der Waals surface area contributed by atoms with Crippen LogP contribution < -0.4 is 5.73 Å². The van der Waals surface area contributed by atoms with Gasteiger partial charge in [-0.2, -0.15) is 0 Å². The van der Waals surface area contributed by atoms with Crippen LogP contribution in [-0.4, -0.2) is 24.0 Å². The molecule has 1 fully saturated rings. The first-order chi connectivity index (χ1) is 7.08. The van der Waals surface area contributed by atoms with Crippen molar-refractivity contribution < 1.29 is 0 Å². The maximum Gasteiger partial charge on any atom is 0.0991 e. The number of halogens is 2. The van der Waals surface area contributed by atoms with E-state index in [1.54, 1.807) is 0 Å². The van der Waals surface area contributed by atoms with E-state index in [2.05, 4.69) is 11.8 Å². The summed E-state index contributed by atoms with van der Waals surface area (Å²) in [6, 6.07) is 2.58. The summed E-state index contributed by atoms with van der Waals surface area (Å²) in [6.07, 6.45) is 1.07. The van der Waals surface area contributed by atoms with Gasteiger partial charge >= 0.3 is 0 Å². The van der Waals surface area contributed by atoms with E-state index in [9.17, 15) is 0 Å². The Hall–Kier alpha value is 0.200. The third-order valence-electron chi connectivity index (χ3n) is 2.94. The summed E-state index contributed by atoms with van der Waals surface area (Å²) < 4.78 is 1.55. The first-order valence-corrected chi connectivity index (χ1v) is 6.59. The van der Waals surface area contributed by atoms with Gasteiger partial charge in [-0.3, -0.25) is 4.90 Å². The lowest BCUT2D eigenvalue weighted by atomic mass is 10.1. The first-order valence-electron chi connectivity index (χ1n) is 5.02. The molecule has 2 nitrogen and oxygen atoms in total. The molecule has 1 aromatic rings. The van der Waals surface area contributed by atoms with E-state index in [0.717, 1.165) is 33.7 Å². The zero-order valence-electron chi connectivity index (χ0n) is 8.54. The van der Waals surface area contributed by atoms with Crippen LogP contribution in [0.25, 0.3) is 0 Å². The highest BCUT2D eigenvalue weighted by Crippen LogP contribution is 2.37. The standard InChI is InChI=1S/C10H14Cl2N2S/c1-6(14-3-2-7(13)5-14)8-4-9(11)15-10(8)12/h4,6-7H,2-3,5,13H2,1H3. The molecule has 0 spiro atoms. The van der Waals surface area contributed by atoms with Crippen LogP contribution in [0.1, 0.15) is 24.9 Å². The molecule has 2 rings (SSSR count). The largest absolute Gasteiger partial charge is 0.326 e. The molecule has 2 heterocycles. The van der Waals surface area contributed by atoms with Crippen molar-refractivity contribution in [3.05, 3.63) is 20.3 Å². The normalized spacial score (nSPS) is 24.7. The van der Waals surface area contributed by atoms with E-state index in [-0.39, 0.29) is 0 Å². The van der Waals surface area contributed by atoms with Gasteiger partial charge in [-0.1, -0.05) is 23.2 Å². The van der Waals surface area contributed by atoms with E-state index in [1.807, 2.05) is 6.07 Å². The average Bonchev–Trinajstić information content (AvgIpc) is 2.71. The number of thiophene rings is 1. The second-order valence-corrected chi connectivity index (χ2v) is 6.28. The van der Waals surface area contributed by atoms with Crippen LogP contribution in [0.2, 0.25) is 8.67 Å². The highest BCUT2D eigenvalue weighted by atomic mass is 35.5. The Morgan fingerprint density at radius 2 is 2.33 bits per heavy atom. The number of likely N-dealkylation sites (tertiary alicyclic amines) is 1. The molecule has 0 aromatic carbocycles. The average molecular weight is 265 g/mol. The molecule has 0 aliphatic carbocycles. The minimum absolute atomic E-state index is 0.306. The van der Waals surface area contributed by atoms with Gasteiger partial charge in [0, 0.05) is 30.7 Å². The smallest absolute Gasteiger partial charge is 0.0991 e. The maximum atomic E-state index is 6.13. The van der Waals surface area contributed by atoms with Crippen molar-refractivity contribution in [2.24, 2.45) is 5.73 Å². The zero-order valence-corrected chi connectivity index (χ0v) is 10.9. The van der Waals surface area contributed by atoms with E-state index >= 15 is 0 Å². The molecule has 1 saturated heterocycles. The lowest BCUT2D eigenvalue weighted by Gasteiger charge is -2.23. The van der Waals surface area contributed by atoms with Crippen molar-refractivity contribution in [1.82, 2.24) is 4.90 Å². The summed E-state index contributed by atoms with van der Waals surface area (Å²) in [4.78, 5) is 2.36. The van der Waals surface area contributed by atoms with E-state index in [4.69, 9.17) is 28.9 Å². The van der Waals surface area contributed by atoms with Crippen LogP contribution in [-0.2, 0) is 0 Å². The molecule has 0 bridgehead atoms. The Labute approximate surface area is 104 Å². The van der Waals surface area contributed by atoms with Crippen LogP contribution in [0.5, 0.6) is 0 Å². The number of nitrogens with zero attached hydrogens (tertiary/aromatic N) is 1. The van der Waals surface area contributed by atoms with Crippen LogP contribution in [0.3, 0.4) is 0 Å². The second-order valence-electron chi connectivity index (χ2n) is 4.00. The van der Waals surface area contributed by atoms with Gasteiger partial charge in [0.2, 0.25) is 0 Å². The minimum Gasteiger partial charge on any atom is -0.326 e. The molecule has 5 heteroatoms. The Bertz CT molecular complexity index is 353. The molecule has 0 amide bonds. The van der Waals surface area contributed by atoms with Gasteiger partial charge in [0.25, 0.3) is 0 Å². The van der Waals surface area contributed by atoms with Crippen LogP contribution in [0.4, 0.5) is 0 Å². The molecule has 2 atom stereocenters. The topological polar surface area (TPSA) is 29.3 Å². The number of rotatable bonds is 2. The molecule has 1 aliphatic rings. The van der Waals surface area contributed by atoms with Crippen molar-refractivity contribution in [2.75, 3.05) is 13.1 Å². The summed E-state index contributed by atoms with van der Waals surface area (Å²) in [5.74, 6) is 0. The molecule has 0 radical (unpaired) electrons. The van der Waals surface area contributed by atoms with Gasteiger partial charge in [0.15, 0.2) is 0 Å². The van der Waals surface area contributed by atoms with Crippen molar-refractivity contribution in [1.29, 1.82) is 0 Å². The molecule has 84 valence electrons. The number of hydrogen-bond acceptors (Lipinski definition) is 3. The Kier molecular flexibility index (Phi) is 3.58. The summed E-state index contributed by atoms with van der Waals surface area (Å²) in [6.45, 7) is 4.15. The Morgan fingerprint density at radius 3 is 2.80 bits per heavy atom. The Balaban J connectivity index is 2.13. The summed E-state index contributed by atoms with van der Waals surface area (Å²) in [7, 11) is 0. The Morgan fingerprint density at radius 1 is 1.60 bits per heavy atom. The van der Waals surface area contributed by atoms with Gasteiger partial charge in [0.05, 0.1) is 8.67 Å². The van der Waals surface area contributed by atoms with E-state index in [1.165, 1.54) is 11.3 Å². The molecular weight excluding hydrogens is 251 g/mol. The summed E-state index contributed by atoms with van der Waals surface area (Å²) in [5.41, 5.74) is 7.01. The fourth-order valence-corrected chi connectivity index (χ4v) is 3.64. The first kappa shape index (κ1) is 11.7. The van der Waals surface area contributed by atoms with Crippen molar-refractivity contribution in [3.63, 3.8) is 0 Å². The van der Waals surface area contributed by atoms with Crippen LogP contribution in [0, 0.1) is 0 Å². The highest BCUT2D eigenvalue weighted by molar-refractivity contribution is 7.20. The van der Waals surface area contributed by atoms with Gasteiger partial charge in [-0.25, -0.2) is 0 Å². The van der Waals surface area contributed by atoms with Gasteiger partial charge in [-0.05, 0) is 19.4 Å². The molecule has 2 N–H and O–H groups in total. The zero-order chi connectivity index (χ0) is 11.0. The summed E-state index contributed by atoms with van der Waals surface area (Å²) >= 11 is 13.5. The molecule has 15 heavy (non-hydrogen) atoms. The molecule has 0 saturated carbocycles.